The molecule has 9 nitrogen and oxygen atoms in total. The smallest absolute Gasteiger partial charge is 0.328 e. The fourth-order valence-corrected chi connectivity index (χ4v) is 2.68. The zero-order valence-electron chi connectivity index (χ0n) is 13.4. The van der Waals surface area contributed by atoms with Crippen LogP contribution in [0.5, 0.6) is 11.5 Å². The standard InChI is InChI=1S/C16H15N5O4/c1-20-15(22)10(8-17-16(20)23)6-14-18-9-19-21(14)11-2-3-12-13(7-11)25-5-4-24-12/h2-3,7-9H,4-6H2,1H3,(H,17,23). The summed E-state index contributed by atoms with van der Waals surface area (Å²) in [4.78, 5) is 30.4. The molecule has 128 valence electrons. The van der Waals surface area contributed by atoms with Crippen molar-refractivity contribution in [1.29, 1.82) is 0 Å². The van der Waals surface area contributed by atoms with Gasteiger partial charge in [-0.15, -0.1) is 0 Å². The van der Waals surface area contributed by atoms with Gasteiger partial charge < -0.3 is 14.5 Å². The second kappa shape index (κ2) is 5.93. The highest BCUT2D eigenvalue weighted by molar-refractivity contribution is 5.49. The van der Waals surface area contributed by atoms with Gasteiger partial charge in [-0.1, -0.05) is 0 Å². The Balaban J connectivity index is 1.71. The summed E-state index contributed by atoms with van der Waals surface area (Å²) in [6, 6.07) is 5.47. The summed E-state index contributed by atoms with van der Waals surface area (Å²) >= 11 is 0. The molecule has 3 heterocycles. The quantitative estimate of drug-likeness (QED) is 0.720. The fourth-order valence-electron chi connectivity index (χ4n) is 2.68. The van der Waals surface area contributed by atoms with Crippen molar-refractivity contribution in [2.45, 2.75) is 6.42 Å². The normalized spacial score (nSPS) is 13.0. The molecule has 0 atom stereocenters. The van der Waals surface area contributed by atoms with Gasteiger partial charge in [-0.05, 0) is 12.1 Å². The first kappa shape index (κ1) is 15.2. The molecule has 0 aliphatic carbocycles. The predicted molar refractivity (Wildman–Crippen MR) is 87.5 cm³/mol. The molecule has 1 aliphatic rings. The van der Waals surface area contributed by atoms with Crippen molar-refractivity contribution in [3.63, 3.8) is 0 Å². The number of benzene rings is 1. The zero-order chi connectivity index (χ0) is 17.4. The molecule has 0 fully saturated rings. The Kier molecular flexibility index (Phi) is 3.60. The van der Waals surface area contributed by atoms with Gasteiger partial charge in [0, 0.05) is 31.3 Å². The van der Waals surface area contributed by atoms with Crippen molar-refractivity contribution in [3.05, 3.63) is 62.9 Å². The van der Waals surface area contributed by atoms with Crippen LogP contribution in [0.4, 0.5) is 0 Å². The topological polar surface area (TPSA) is 104 Å². The Morgan fingerprint density at radius 2 is 2.00 bits per heavy atom. The Morgan fingerprint density at radius 3 is 2.84 bits per heavy atom. The number of H-pyrrole nitrogens is 1. The van der Waals surface area contributed by atoms with Crippen LogP contribution in [0.3, 0.4) is 0 Å². The van der Waals surface area contributed by atoms with Gasteiger partial charge in [-0.3, -0.25) is 9.36 Å². The Morgan fingerprint density at radius 1 is 1.20 bits per heavy atom. The Bertz CT molecular complexity index is 1050. The van der Waals surface area contributed by atoms with Crippen LogP contribution < -0.4 is 20.7 Å². The van der Waals surface area contributed by atoms with Gasteiger partial charge in [0.2, 0.25) is 0 Å². The van der Waals surface area contributed by atoms with Crippen LogP contribution in [-0.4, -0.2) is 37.5 Å². The lowest BCUT2D eigenvalue weighted by atomic mass is 10.2. The van der Waals surface area contributed by atoms with E-state index in [4.69, 9.17) is 9.47 Å². The van der Waals surface area contributed by atoms with E-state index in [9.17, 15) is 9.59 Å². The summed E-state index contributed by atoms with van der Waals surface area (Å²) in [7, 11) is 1.43. The van der Waals surface area contributed by atoms with E-state index in [1.165, 1.54) is 19.6 Å². The molecule has 1 aromatic carbocycles. The third-order valence-corrected chi connectivity index (χ3v) is 3.99. The maximum atomic E-state index is 12.2. The monoisotopic (exact) mass is 341 g/mol. The fraction of sp³-hybridized carbons (Fsp3) is 0.250. The van der Waals surface area contributed by atoms with Gasteiger partial charge in [-0.25, -0.2) is 14.5 Å². The molecule has 0 bridgehead atoms. The second-order valence-corrected chi connectivity index (χ2v) is 5.58. The predicted octanol–water partition coefficient (Wildman–Crippen LogP) is 0.0163. The van der Waals surface area contributed by atoms with Crippen molar-refractivity contribution in [3.8, 4) is 17.2 Å². The lowest BCUT2D eigenvalue weighted by Gasteiger charge is -2.19. The highest BCUT2D eigenvalue weighted by atomic mass is 16.6. The van der Waals surface area contributed by atoms with Crippen LogP contribution in [0.15, 0.2) is 40.3 Å². The zero-order valence-corrected chi connectivity index (χ0v) is 13.4. The van der Waals surface area contributed by atoms with Crippen LogP contribution in [0.1, 0.15) is 11.4 Å². The van der Waals surface area contributed by atoms with E-state index in [-0.39, 0.29) is 12.0 Å². The first-order chi connectivity index (χ1) is 12.1. The summed E-state index contributed by atoms with van der Waals surface area (Å²) < 4.78 is 13.8. The van der Waals surface area contributed by atoms with E-state index >= 15 is 0 Å². The third kappa shape index (κ3) is 2.69. The van der Waals surface area contributed by atoms with Crippen molar-refractivity contribution in [2.75, 3.05) is 13.2 Å². The lowest BCUT2D eigenvalue weighted by Crippen LogP contribution is -2.34. The number of ether oxygens (including phenoxy) is 2. The summed E-state index contributed by atoms with van der Waals surface area (Å²) in [5, 5.41) is 4.23. The highest BCUT2D eigenvalue weighted by Crippen LogP contribution is 2.32. The lowest BCUT2D eigenvalue weighted by molar-refractivity contribution is 0.171. The molecule has 25 heavy (non-hydrogen) atoms. The minimum absolute atomic E-state index is 0.234. The Labute approximate surface area is 141 Å². The summed E-state index contributed by atoms with van der Waals surface area (Å²) in [5.41, 5.74) is 0.356. The van der Waals surface area contributed by atoms with Crippen molar-refractivity contribution in [1.82, 2.24) is 24.3 Å². The molecule has 0 amide bonds. The molecule has 0 radical (unpaired) electrons. The van der Waals surface area contributed by atoms with Crippen molar-refractivity contribution >= 4 is 0 Å². The summed E-state index contributed by atoms with van der Waals surface area (Å²) in [6.45, 7) is 1.02. The largest absolute Gasteiger partial charge is 0.486 e. The number of aromatic amines is 1. The number of aromatic nitrogens is 5. The first-order valence-electron chi connectivity index (χ1n) is 7.70. The minimum Gasteiger partial charge on any atom is -0.486 e. The number of hydrogen-bond acceptors (Lipinski definition) is 6. The van der Waals surface area contributed by atoms with Crippen molar-refractivity contribution in [2.24, 2.45) is 7.05 Å². The van der Waals surface area contributed by atoms with Gasteiger partial charge in [0.15, 0.2) is 11.5 Å². The summed E-state index contributed by atoms with van der Waals surface area (Å²) in [6.07, 6.45) is 3.06. The maximum absolute atomic E-state index is 12.2. The highest BCUT2D eigenvalue weighted by Gasteiger charge is 2.16. The van der Waals surface area contributed by atoms with Gasteiger partial charge >= 0.3 is 5.69 Å². The molecule has 0 unspecified atom stereocenters. The molecule has 3 aromatic rings. The van der Waals surface area contributed by atoms with Crippen LogP contribution in [0.25, 0.3) is 5.69 Å². The average molecular weight is 341 g/mol. The number of nitrogens with one attached hydrogen (secondary N) is 1. The van der Waals surface area contributed by atoms with E-state index < -0.39 is 5.69 Å². The molecule has 1 N–H and O–H groups in total. The molecular weight excluding hydrogens is 326 g/mol. The van der Waals surface area contributed by atoms with Gasteiger partial charge in [0.25, 0.3) is 5.56 Å². The van der Waals surface area contributed by atoms with Crippen molar-refractivity contribution < 1.29 is 9.47 Å². The third-order valence-electron chi connectivity index (χ3n) is 3.99. The second-order valence-electron chi connectivity index (χ2n) is 5.58. The molecular formula is C16H15N5O4. The Hall–Kier alpha value is -3.36. The molecule has 0 spiro atoms. The molecule has 4 rings (SSSR count). The van der Waals surface area contributed by atoms with E-state index in [1.807, 2.05) is 18.2 Å². The number of rotatable bonds is 3. The van der Waals surface area contributed by atoms with Crippen LogP contribution in [-0.2, 0) is 13.5 Å². The van der Waals surface area contributed by atoms with E-state index in [1.54, 1.807) is 4.68 Å². The number of fused-ring (bicyclic) bond motifs is 1. The molecule has 2 aromatic heterocycles. The van der Waals surface area contributed by atoms with Gasteiger partial charge in [0.1, 0.15) is 25.4 Å². The first-order valence-corrected chi connectivity index (χ1v) is 7.70. The number of nitrogens with zero attached hydrogens (tertiary/aromatic N) is 4. The van der Waals surface area contributed by atoms with Crippen LogP contribution in [0.2, 0.25) is 0 Å². The average Bonchev–Trinajstić information content (AvgIpc) is 3.10. The molecule has 0 saturated carbocycles. The minimum atomic E-state index is -0.456. The SMILES string of the molecule is Cn1c(=O)[nH]cc(Cc2ncnn2-c2ccc3c(c2)OCCO3)c1=O. The van der Waals surface area contributed by atoms with E-state index in [0.29, 0.717) is 36.1 Å². The molecule has 9 heteroatoms. The number of hydrogen-bond donors (Lipinski definition) is 1. The van der Waals surface area contributed by atoms with E-state index in [2.05, 4.69) is 15.1 Å². The van der Waals surface area contributed by atoms with Gasteiger partial charge in [0.05, 0.1) is 5.69 Å². The molecule has 1 aliphatic heterocycles. The van der Waals surface area contributed by atoms with Crippen LogP contribution in [0, 0.1) is 0 Å². The summed E-state index contributed by atoms with van der Waals surface area (Å²) in [5.74, 6) is 1.90. The van der Waals surface area contributed by atoms with Gasteiger partial charge in [-0.2, -0.15) is 5.10 Å². The molecule has 0 saturated heterocycles. The van der Waals surface area contributed by atoms with Crippen LogP contribution >= 0.6 is 0 Å². The van der Waals surface area contributed by atoms with E-state index in [0.717, 1.165) is 10.3 Å². The maximum Gasteiger partial charge on any atom is 0.328 e.